The molecule has 0 saturated carbocycles. The third-order valence-electron chi connectivity index (χ3n) is 4.53. The minimum Gasteiger partial charge on any atom is -0.373 e. The zero-order chi connectivity index (χ0) is 18.5. The van der Waals surface area contributed by atoms with Gasteiger partial charge < -0.3 is 10.1 Å². The smallest absolute Gasteiger partial charge is 0.251 e. The standard InChI is InChI=1S/C21H25FN2O2/c1-15-12-24(13-16(2)26-15)14-19-7-4-3-6-18(19)11-23-21(25)17-8-5-9-20(22)10-17/h3-10,15-16H,11-14H2,1-2H3,(H,23,25)/t15-,16+. The Bertz CT molecular complexity index is 755. The van der Waals surface area contributed by atoms with Gasteiger partial charge in [-0.05, 0) is 43.2 Å². The van der Waals surface area contributed by atoms with Crippen molar-refractivity contribution in [2.45, 2.75) is 39.1 Å². The number of carbonyl (C=O) groups excluding carboxylic acids is 1. The van der Waals surface area contributed by atoms with Crippen LogP contribution in [0.2, 0.25) is 0 Å². The van der Waals surface area contributed by atoms with Gasteiger partial charge >= 0.3 is 0 Å². The second-order valence-corrected chi connectivity index (χ2v) is 6.91. The fourth-order valence-electron chi connectivity index (χ4n) is 3.45. The number of hydrogen-bond donors (Lipinski definition) is 1. The molecule has 3 rings (SSSR count). The van der Waals surface area contributed by atoms with E-state index in [2.05, 4.69) is 30.1 Å². The van der Waals surface area contributed by atoms with Gasteiger partial charge in [-0.2, -0.15) is 0 Å². The normalized spacial score (nSPS) is 20.7. The SMILES string of the molecule is C[C@@H]1CN(Cc2ccccc2CNC(=O)c2cccc(F)c2)C[C@H](C)O1. The minimum atomic E-state index is -0.409. The maximum atomic E-state index is 13.3. The predicted octanol–water partition coefficient (Wildman–Crippen LogP) is 3.36. The lowest BCUT2D eigenvalue weighted by molar-refractivity contribution is -0.0705. The first-order chi connectivity index (χ1) is 12.5. The second-order valence-electron chi connectivity index (χ2n) is 6.91. The molecule has 2 aromatic carbocycles. The van der Waals surface area contributed by atoms with Crippen LogP contribution in [0.5, 0.6) is 0 Å². The summed E-state index contributed by atoms with van der Waals surface area (Å²) in [5, 5.41) is 2.89. The largest absolute Gasteiger partial charge is 0.373 e. The number of amides is 1. The van der Waals surface area contributed by atoms with Gasteiger partial charge in [0.1, 0.15) is 5.82 Å². The molecule has 0 spiro atoms. The molecule has 1 saturated heterocycles. The number of nitrogens with one attached hydrogen (secondary N) is 1. The van der Waals surface area contributed by atoms with Crippen LogP contribution in [0.1, 0.15) is 35.3 Å². The lowest BCUT2D eigenvalue weighted by atomic mass is 10.1. The Morgan fingerprint density at radius 2 is 1.81 bits per heavy atom. The molecule has 4 nitrogen and oxygen atoms in total. The van der Waals surface area contributed by atoms with E-state index in [1.807, 2.05) is 18.2 Å². The quantitative estimate of drug-likeness (QED) is 0.893. The Morgan fingerprint density at radius 1 is 1.12 bits per heavy atom. The lowest BCUT2D eigenvalue weighted by Crippen LogP contribution is -2.45. The first kappa shape index (κ1) is 18.5. The molecule has 0 aliphatic carbocycles. The molecule has 1 aliphatic heterocycles. The van der Waals surface area contributed by atoms with Gasteiger partial charge in [0.2, 0.25) is 0 Å². The molecule has 0 bridgehead atoms. The van der Waals surface area contributed by atoms with Crippen molar-refractivity contribution in [3.8, 4) is 0 Å². The Morgan fingerprint density at radius 3 is 2.50 bits per heavy atom. The van der Waals surface area contributed by atoms with Crippen LogP contribution < -0.4 is 5.32 Å². The molecular weight excluding hydrogens is 331 g/mol. The van der Waals surface area contributed by atoms with Crippen LogP contribution in [-0.2, 0) is 17.8 Å². The number of carbonyl (C=O) groups is 1. The average Bonchev–Trinajstić information content (AvgIpc) is 2.60. The third kappa shape index (κ3) is 4.90. The van der Waals surface area contributed by atoms with Gasteiger partial charge in [0.15, 0.2) is 0 Å². The van der Waals surface area contributed by atoms with E-state index < -0.39 is 5.82 Å². The summed E-state index contributed by atoms with van der Waals surface area (Å²) in [7, 11) is 0. The van der Waals surface area contributed by atoms with Crippen molar-refractivity contribution >= 4 is 5.91 Å². The molecule has 1 fully saturated rings. The van der Waals surface area contributed by atoms with Crippen LogP contribution in [-0.4, -0.2) is 36.1 Å². The average molecular weight is 356 g/mol. The van der Waals surface area contributed by atoms with E-state index >= 15 is 0 Å². The number of halogens is 1. The molecule has 1 heterocycles. The summed E-state index contributed by atoms with van der Waals surface area (Å²) in [6.45, 7) is 7.22. The topological polar surface area (TPSA) is 41.6 Å². The molecule has 0 unspecified atom stereocenters. The highest BCUT2D eigenvalue weighted by Gasteiger charge is 2.22. The number of hydrogen-bond acceptors (Lipinski definition) is 3. The third-order valence-corrected chi connectivity index (χ3v) is 4.53. The van der Waals surface area contributed by atoms with Gasteiger partial charge in [0.25, 0.3) is 5.91 Å². The zero-order valence-corrected chi connectivity index (χ0v) is 15.2. The van der Waals surface area contributed by atoms with Crippen LogP contribution in [0.25, 0.3) is 0 Å². The summed E-state index contributed by atoms with van der Waals surface area (Å²) in [4.78, 5) is 14.6. The fourth-order valence-corrected chi connectivity index (χ4v) is 3.45. The van der Waals surface area contributed by atoms with Crippen molar-refractivity contribution in [3.63, 3.8) is 0 Å². The maximum Gasteiger partial charge on any atom is 0.251 e. The molecule has 26 heavy (non-hydrogen) atoms. The molecule has 1 amide bonds. The molecule has 5 heteroatoms. The number of morpholine rings is 1. The predicted molar refractivity (Wildman–Crippen MR) is 99.3 cm³/mol. The van der Waals surface area contributed by atoms with E-state index in [0.717, 1.165) is 25.2 Å². The van der Waals surface area contributed by atoms with E-state index in [-0.39, 0.29) is 18.1 Å². The van der Waals surface area contributed by atoms with Gasteiger partial charge in [-0.25, -0.2) is 4.39 Å². The summed E-state index contributed by atoms with van der Waals surface area (Å²) >= 11 is 0. The number of nitrogens with zero attached hydrogens (tertiary/aromatic N) is 1. The monoisotopic (exact) mass is 356 g/mol. The summed E-state index contributed by atoms with van der Waals surface area (Å²) in [5.74, 6) is -0.679. The van der Waals surface area contributed by atoms with Crippen LogP contribution in [0.3, 0.4) is 0 Å². The van der Waals surface area contributed by atoms with E-state index in [1.54, 1.807) is 12.1 Å². The van der Waals surface area contributed by atoms with Crippen molar-refractivity contribution in [2.75, 3.05) is 13.1 Å². The Hall–Kier alpha value is -2.24. The molecule has 2 atom stereocenters. The Kier molecular flexibility index (Phi) is 6.01. The van der Waals surface area contributed by atoms with Crippen molar-refractivity contribution in [2.24, 2.45) is 0 Å². The second kappa shape index (κ2) is 8.43. The lowest BCUT2D eigenvalue weighted by Gasteiger charge is -2.35. The first-order valence-electron chi connectivity index (χ1n) is 8.99. The molecule has 1 N–H and O–H groups in total. The fraction of sp³-hybridized carbons (Fsp3) is 0.381. The molecule has 2 aromatic rings. The van der Waals surface area contributed by atoms with E-state index in [1.165, 1.54) is 17.7 Å². The molecule has 0 aromatic heterocycles. The Balaban J connectivity index is 1.64. The van der Waals surface area contributed by atoms with Gasteiger partial charge in [-0.3, -0.25) is 9.69 Å². The number of ether oxygens (including phenoxy) is 1. The summed E-state index contributed by atoms with van der Waals surface area (Å²) in [5.41, 5.74) is 2.59. The van der Waals surface area contributed by atoms with Crippen LogP contribution in [0.15, 0.2) is 48.5 Å². The first-order valence-corrected chi connectivity index (χ1v) is 8.99. The molecular formula is C21H25FN2O2. The molecule has 1 aliphatic rings. The van der Waals surface area contributed by atoms with Gasteiger partial charge in [0, 0.05) is 31.7 Å². The van der Waals surface area contributed by atoms with Crippen molar-refractivity contribution < 1.29 is 13.9 Å². The van der Waals surface area contributed by atoms with E-state index in [9.17, 15) is 9.18 Å². The van der Waals surface area contributed by atoms with Gasteiger partial charge in [0.05, 0.1) is 12.2 Å². The highest BCUT2D eigenvalue weighted by atomic mass is 19.1. The zero-order valence-electron chi connectivity index (χ0n) is 15.2. The van der Waals surface area contributed by atoms with Gasteiger partial charge in [-0.1, -0.05) is 30.3 Å². The van der Waals surface area contributed by atoms with Crippen LogP contribution >= 0.6 is 0 Å². The summed E-state index contributed by atoms with van der Waals surface area (Å²) in [6.07, 6.45) is 0.442. The highest BCUT2D eigenvalue weighted by molar-refractivity contribution is 5.94. The van der Waals surface area contributed by atoms with E-state index in [0.29, 0.717) is 12.1 Å². The molecule has 138 valence electrons. The van der Waals surface area contributed by atoms with Crippen LogP contribution in [0, 0.1) is 5.82 Å². The maximum absolute atomic E-state index is 13.3. The van der Waals surface area contributed by atoms with Gasteiger partial charge in [-0.15, -0.1) is 0 Å². The number of rotatable bonds is 5. The highest BCUT2D eigenvalue weighted by Crippen LogP contribution is 2.17. The summed E-state index contributed by atoms with van der Waals surface area (Å²) in [6, 6.07) is 13.8. The Labute approximate surface area is 154 Å². The van der Waals surface area contributed by atoms with Crippen molar-refractivity contribution in [3.05, 3.63) is 71.0 Å². The number of benzene rings is 2. The van der Waals surface area contributed by atoms with E-state index in [4.69, 9.17) is 4.74 Å². The molecule has 0 radical (unpaired) electrons. The summed E-state index contributed by atoms with van der Waals surface area (Å²) < 4.78 is 19.1. The van der Waals surface area contributed by atoms with Crippen molar-refractivity contribution in [1.82, 2.24) is 10.2 Å². The minimum absolute atomic E-state index is 0.221. The van der Waals surface area contributed by atoms with Crippen LogP contribution in [0.4, 0.5) is 4.39 Å². The van der Waals surface area contributed by atoms with Crippen molar-refractivity contribution in [1.29, 1.82) is 0 Å².